The Labute approximate surface area is 396 Å². The maximum atomic E-state index is 2.72. The Morgan fingerprint density at radius 2 is 0.955 bits per heavy atom. The maximum Gasteiger partial charge on any atom is 0.252 e. The molecule has 7 aromatic carbocycles. The van der Waals surface area contributed by atoms with Crippen LogP contribution < -0.4 is 26.2 Å². The predicted molar refractivity (Wildman–Crippen MR) is 285 cm³/mol. The minimum absolute atomic E-state index is 0.0105. The summed E-state index contributed by atoms with van der Waals surface area (Å²) in [7, 11) is 0. The van der Waals surface area contributed by atoms with Gasteiger partial charge in [0.15, 0.2) is 0 Å². The molecule has 0 saturated carbocycles. The molecule has 0 N–H and O–H groups in total. The lowest BCUT2D eigenvalue weighted by atomic mass is 9.33. The fourth-order valence-electron chi connectivity index (χ4n) is 12.9. The lowest BCUT2D eigenvalue weighted by Gasteiger charge is -2.47. The predicted octanol–water partition coefficient (Wildman–Crippen LogP) is 15.3. The molecule has 0 saturated heterocycles. The van der Waals surface area contributed by atoms with E-state index in [1.807, 2.05) is 0 Å². The molecular formula is C63H67BN2. The lowest BCUT2D eigenvalue weighted by molar-refractivity contribution is 0.332. The lowest BCUT2D eigenvalue weighted by Crippen LogP contribution is -2.61. The molecule has 0 atom stereocenters. The third kappa shape index (κ3) is 6.50. The van der Waals surface area contributed by atoms with Crippen molar-refractivity contribution in [1.29, 1.82) is 0 Å². The van der Waals surface area contributed by atoms with E-state index < -0.39 is 0 Å². The van der Waals surface area contributed by atoms with Crippen LogP contribution in [0.4, 0.5) is 34.1 Å². The van der Waals surface area contributed by atoms with Crippen LogP contribution in [0.25, 0.3) is 22.3 Å². The third-order valence-electron chi connectivity index (χ3n) is 16.4. The summed E-state index contributed by atoms with van der Waals surface area (Å²) in [4.78, 5) is 5.35. The van der Waals surface area contributed by atoms with E-state index in [-0.39, 0.29) is 33.8 Å². The number of rotatable bonds is 4. The van der Waals surface area contributed by atoms with E-state index in [1.54, 1.807) is 0 Å². The van der Waals surface area contributed by atoms with Gasteiger partial charge in [0.25, 0.3) is 6.71 Å². The number of anilines is 6. The summed E-state index contributed by atoms with van der Waals surface area (Å²) in [5, 5.41) is 0. The number of nitrogens with zero attached hydrogens (tertiary/aromatic N) is 2. The Kier molecular flexibility index (Phi) is 9.31. The van der Waals surface area contributed by atoms with Gasteiger partial charge in [-0.2, -0.15) is 0 Å². The van der Waals surface area contributed by atoms with Crippen molar-refractivity contribution in [3.8, 4) is 22.3 Å². The second-order valence-electron chi connectivity index (χ2n) is 24.2. The highest BCUT2D eigenvalue weighted by Gasteiger charge is 2.49. The second kappa shape index (κ2) is 14.4. The van der Waals surface area contributed by atoms with Crippen LogP contribution in [-0.2, 0) is 27.1 Å². The minimum Gasteiger partial charge on any atom is -0.311 e. The van der Waals surface area contributed by atoms with Gasteiger partial charge < -0.3 is 9.80 Å². The van der Waals surface area contributed by atoms with Crippen molar-refractivity contribution < 1.29 is 0 Å². The topological polar surface area (TPSA) is 6.48 Å². The molecule has 0 bridgehead atoms. The van der Waals surface area contributed by atoms with Crippen molar-refractivity contribution in [2.24, 2.45) is 0 Å². The molecule has 0 fully saturated rings. The molecule has 0 amide bonds. The van der Waals surface area contributed by atoms with Crippen molar-refractivity contribution >= 4 is 57.2 Å². The molecule has 3 heteroatoms. The number of benzene rings is 7. The van der Waals surface area contributed by atoms with Gasteiger partial charge in [-0.05, 0) is 175 Å². The number of fused-ring (bicyclic) bond motifs is 6. The van der Waals surface area contributed by atoms with Crippen LogP contribution in [-0.4, -0.2) is 6.71 Å². The van der Waals surface area contributed by atoms with Crippen LogP contribution in [0.2, 0.25) is 0 Å². The van der Waals surface area contributed by atoms with Crippen molar-refractivity contribution in [3.05, 3.63) is 172 Å². The molecule has 4 aliphatic rings. The first-order chi connectivity index (χ1) is 31.1. The van der Waals surface area contributed by atoms with Gasteiger partial charge in [0.1, 0.15) is 0 Å². The molecule has 0 unspecified atom stereocenters. The van der Waals surface area contributed by atoms with Gasteiger partial charge in [-0.15, -0.1) is 0 Å². The number of hydrogen-bond donors (Lipinski definition) is 0. The number of hydrogen-bond acceptors (Lipinski definition) is 2. The highest BCUT2D eigenvalue weighted by atomic mass is 15.2. The average molecular weight is 863 g/mol. The van der Waals surface area contributed by atoms with Crippen LogP contribution in [0.15, 0.2) is 133 Å². The summed E-state index contributed by atoms with van der Waals surface area (Å²) in [6, 6.07) is 52.1. The van der Waals surface area contributed by atoms with Crippen LogP contribution in [0.3, 0.4) is 0 Å². The van der Waals surface area contributed by atoms with Crippen molar-refractivity contribution in [3.63, 3.8) is 0 Å². The van der Waals surface area contributed by atoms with Crippen molar-refractivity contribution in [1.82, 2.24) is 0 Å². The smallest absolute Gasteiger partial charge is 0.252 e. The Morgan fingerprint density at radius 3 is 1.58 bits per heavy atom. The normalized spacial score (nSPS) is 18.0. The van der Waals surface area contributed by atoms with E-state index in [9.17, 15) is 0 Å². The summed E-state index contributed by atoms with van der Waals surface area (Å²) in [5.74, 6) is 0. The summed E-state index contributed by atoms with van der Waals surface area (Å²) < 4.78 is 0. The zero-order valence-corrected chi connectivity index (χ0v) is 41.8. The molecule has 0 radical (unpaired) electrons. The van der Waals surface area contributed by atoms with Crippen LogP contribution in [0, 0.1) is 13.8 Å². The summed E-state index contributed by atoms with van der Waals surface area (Å²) in [6.45, 7) is 31.4. The number of aryl methyl sites for hydroxylation is 2. The summed E-state index contributed by atoms with van der Waals surface area (Å²) >= 11 is 0. The van der Waals surface area contributed by atoms with E-state index >= 15 is 0 Å². The Hall–Kier alpha value is -5.80. The standard InChI is InChI=1S/C63H67BN2/c1-39-30-56-58-57(31-39)66(54-36-48-46(32-40(54)2)60(6,7)28-29-61(48,8)9)55-37-49-47(62(10,11)38-63(49,12)13)35-51(55)64(58)50-33-43(41-20-16-14-17-21-41)24-26-53(50)65(56)52-27-25-44(59(3,4)5)34-45(52)42-22-18-15-19-23-42/h14-27,30-37H,28-29,38H2,1-13H3. The summed E-state index contributed by atoms with van der Waals surface area (Å²) in [5.41, 5.74) is 27.0. The molecule has 66 heavy (non-hydrogen) atoms. The van der Waals surface area contributed by atoms with E-state index in [0.29, 0.717) is 0 Å². The van der Waals surface area contributed by atoms with Crippen LogP contribution in [0.5, 0.6) is 0 Å². The van der Waals surface area contributed by atoms with Gasteiger partial charge in [-0.3, -0.25) is 0 Å². The Balaban J connectivity index is 1.27. The van der Waals surface area contributed by atoms with Crippen LogP contribution in [0.1, 0.15) is 134 Å². The first kappa shape index (κ1) is 42.8. The SMILES string of the molecule is Cc1cc2c3c(c1)N(c1ccc(C(C)(C)C)cc1-c1ccccc1)c1ccc(-c4ccccc4)cc1B3c1cc3c(cc1N2c1cc2c(cc1C)C(C)(C)CCC2(C)C)C(C)(C)CC3(C)C. The van der Waals surface area contributed by atoms with Crippen molar-refractivity contribution in [2.45, 2.75) is 136 Å². The van der Waals surface area contributed by atoms with Gasteiger partial charge in [0.05, 0.1) is 5.69 Å². The molecule has 0 aromatic heterocycles. The second-order valence-corrected chi connectivity index (χ2v) is 24.2. The molecular weight excluding hydrogens is 796 g/mol. The monoisotopic (exact) mass is 863 g/mol. The van der Waals surface area contributed by atoms with Gasteiger partial charge >= 0.3 is 0 Å². The molecule has 332 valence electrons. The average Bonchev–Trinajstić information content (AvgIpc) is 3.46. The zero-order valence-electron chi connectivity index (χ0n) is 41.8. The molecule has 0 spiro atoms. The largest absolute Gasteiger partial charge is 0.311 e. The van der Waals surface area contributed by atoms with E-state index in [0.717, 1.165) is 6.42 Å². The third-order valence-corrected chi connectivity index (χ3v) is 16.4. The minimum atomic E-state index is -0.0105. The fraction of sp³-hybridized carbons (Fsp3) is 0.333. The molecule has 2 aliphatic heterocycles. The molecule has 11 rings (SSSR count). The van der Waals surface area contributed by atoms with Gasteiger partial charge in [0.2, 0.25) is 0 Å². The molecule has 2 heterocycles. The van der Waals surface area contributed by atoms with E-state index in [4.69, 9.17) is 0 Å². The van der Waals surface area contributed by atoms with Crippen molar-refractivity contribution in [2.75, 3.05) is 9.80 Å². The van der Waals surface area contributed by atoms with E-state index in [1.165, 1.54) is 125 Å². The molecule has 2 aliphatic carbocycles. The zero-order chi connectivity index (χ0) is 46.5. The molecule has 2 nitrogen and oxygen atoms in total. The van der Waals surface area contributed by atoms with Gasteiger partial charge in [-0.1, -0.05) is 167 Å². The van der Waals surface area contributed by atoms with E-state index in [2.05, 4.69) is 233 Å². The summed E-state index contributed by atoms with van der Waals surface area (Å²) in [6.07, 6.45) is 3.50. The first-order valence-corrected chi connectivity index (χ1v) is 24.6. The molecule has 7 aromatic rings. The highest BCUT2D eigenvalue weighted by Crippen LogP contribution is 2.55. The fourth-order valence-corrected chi connectivity index (χ4v) is 12.9. The quantitative estimate of drug-likeness (QED) is 0.163. The maximum absolute atomic E-state index is 2.72. The Morgan fingerprint density at radius 1 is 0.439 bits per heavy atom. The first-order valence-electron chi connectivity index (χ1n) is 24.6. The Bertz CT molecular complexity index is 3120. The van der Waals surface area contributed by atoms with Gasteiger partial charge in [-0.25, -0.2) is 0 Å². The van der Waals surface area contributed by atoms with Gasteiger partial charge in [0, 0.05) is 34.0 Å². The highest BCUT2D eigenvalue weighted by molar-refractivity contribution is 7.00. The van der Waals surface area contributed by atoms with Crippen LogP contribution >= 0.6 is 0 Å².